The van der Waals surface area contributed by atoms with Gasteiger partial charge < -0.3 is 54.4 Å². The number of aliphatic hydroxyl groups is 4. The van der Waals surface area contributed by atoms with Crippen LogP contribution in [-0.2, 0) is 11.3 Å². The normalized spacial score (nSPS) is 23.5. The van der Waals surface area contributed by atoms with Crippen LogP contribution in [0.25, 0.3) is 43.6 Å². The Labute approximate surface area is 274 Å². The lowest BCUT2D eigenvalue weighted by Crippen LogP contribution is -2.56. The number of aromatic amines is 1. The number of H-pyrrole nitrogens is 1. The fourth-order valence-corrected chi connectivity index (χ4v) is 7.34. The predicted molar refractivity (Wildman–Crippen MR) is 171 cm³/mol. The Morgan fingerprint density at radius 1 is 0.816 bits per heavy atom. The van der Waals surface area contributed by atoms with Crippen LogP contribution in [0.5, 0.6) is 23.0 Å². The molecule has 15 nitrogen and oxygen atoms in total. The zero-order valence-corrected chi connectivity index (χ0v) is 25.3. The number of ether oxygens (including phenoxy) is 3. The number of hydrogen-bond acceptors (Lipinski definition) is 12. The van der Waals surface area contributed by atoms with Crippen molar-refractivity contribution >= 4 is 55.4 Å². The summed E-state index contributed by atoms with van der Waals surface area (Å²) >= 11 is 0. The Balaban J connectivity index is 1.31. The average molecular weight is 669 g/mol. The molecule has 0 spiro atoms. The van der Waals surface area contributed by atoms with Gasteiger partial charge in [-0.2, -0.15) is 0 Å². The van der Waals surface area contributed by atoms with E-state index in [1.165, 1.54) is 28.8 Å². The molecule has 5 heterocycles. The van der Waals surface area contributed by atoms with Gasteiger partial charge in [0.25, 0.3) is 11.8 Å². The Bertz CT molecular complexity index is 2400. The molecule has 0 aliphatic carbocycles. The highest BCUT2D eigenvalue weighted by atomic mass is 16.7. The zero-order chi connectivity index (χ0) is 33.9. The van der Waals surface area contributed by atoms with Crippen LogP contribution in [0.15, 0.2) is 54.6 Å². The van der Waals surface area contributed by atoms with E-state index in [2.05, 4.69) is 10.4 Å². The first-order valence-electron chi connectivity index (χ1n) is 15.4. The summed E-state index contributed by atoms with van der Waals surface area (Å²) in [6.07, 6.45) is -7.80. The molecule has 250 valence electrons. The Hall–Kier alpha value is -5.42. The number of phenols is 2. The maximum absolute atomic E-state index is 14.4. The van der Waals surface area contributed by atoms with Crippen molar-refractivity contribution in [2.45, 2.75) is 37.2 Å². The van der Waals surface area contributed by atoms with E-state index >= 15 is 0 Å². The molecular formula is C34H28N4O11. The van der Waals surface area contributed by atoms with Crippen molar-refractivity contribution in [1.82, 2.24) is 20.0 Å². The molecule has 0 bridgehead atoms. The van der Waals surface area contributed by atoms with Gasteiger partial charge in [0.15, 0.2) is 17.7 Å². The number of aromatic hydroxyl groups is 2. The summed E-state index contributed by atoms with van der Waals surface area (Å²) in [6.45, 7) is -0.512. The van der Waals surface area contributed by atoms with Crippen LogP contribution in [0.3, 0.4) is 0 Å². The molecule has 2 amide bonds. The number of fused-ring (bicyclic) bond motifs is 11. The number of benzene rings is 4. The molecular weight excluding hydrogens is 640 g/mol. The smallest absolute Gasteiger partial charge is 0.276 e. The van der Waals surface area contributed by atoms with Gasteiger partial charge in [0.05, 0.1) is 39.8 Å². The van der Waals surface area contributed by atoms with Crippen molar-refractivity contribution < 1.29 is 54.4 Å². The number of amides is 2. The number of nitrogens with zero attached hydrogens (tertiary/aromatic N) is 2. The lowest BCUT2D eigenvalue weighted by molar-refractivity contribution is -0.249. The van der Waals surface area contributed by atoms with Crippen LogP contribution in [0.4, 0.5) is 0 Å². The first-order chi connectivity index (χ1) is 23.7. The fourth-order valence-electron chi connectivity index (χ4n) is 7.34. The van der Waals surface area contributed by atoms with Crippen LogP contribution >= 0.6 is 0 Å². The molecule has 5 atom stereocenters. The quantitative estimate of drug-likeness (QED) is 0.123. The maximum Gasteiger partial charge on any atom is 0.276 e. The lowest BCUT2D eigenvalue weighted by Gasteiger charge is -2.41. The number of imide groups is 1. The van der Waals surface area contributed by atoms with Crippen molar-refractivity contribution in [2.75, 3.05) is 13.4 Å². The summed E-state index contributed by atoms with van der Waals surface area (Å²) in [5, 5.41) is 66.1. The van der Waals surface area contributed by atoms with E-state index in [0.29, 0.717) is 44.3 Å². The molecule has 4 aromatic carbocycles. The van der Waals surface area contributed by atoms with Gasteiger partial charge in [0.2, 0.25) is 6.79 Å². The molecule has 5 unspecified atom stereocenters. The van der Waals surface area contributed by atoms with Gasteiger partial charge in [-0.1, -0.05) is 6.07 Å². The van der Waals surface area contributed by atoms with E-state index in [4.69, 9.17) is 14.2 Å². The Morgan fingerprint density at radius 3 is 2.31 bits per heavy atom. The average Bonchev–Trinajstić information content (AvgIpc) is 3.84. The first-order valence-corrected chi connectivity index (χ1v) is 15.4. The second kappa shape index (κ2) is 10.5. The van der Waals surface area contributed by atoms with E-state index in [1.54, 1.807) is 30.3 Å². The molecule has 49 heavy (non-hydrogen) atoms. The molecule has 1 fully saturated rings. The summed E-state index contributed by atoms with van der Waals surface area (Å²) in [5.41, 5.74) is 5.11. The summed E-state index contributed by atoms with van der Waals surface area (Å²) in [4.78, 5) is 32.0. The van der Waals surface area contributed by atoms with Gasteiger partial charge in [-0.15, -0.1) is 0 Å². The van der Waals surface area contributed by atoms with Crippen LogP contribution < -0.4 is 14.9 Å². The predicted octanol–water partition coefficient (Wildman–Crippen LogP) is 1.84. The third kappa shape index (κ3) is 4.11. The number of nitrogens with one attached hydrogen (secondary N) is 2. The fraction of sp³-hybridized carbons (Fsp3) is 0.235. The van der Waals surface area contributed by atoms with Crippen LogP contribution in [-0.4, -0.2) is 94.8 Å². The highest BCUT2D eigenvalue weighted by Crippen LogP contribution is 2.48. The minimum Gasteiger partial charge on any atom is -0.508 e. The number of aromatic nitrogens is 2. The van der Waals surface area contributed by atoms with Crippen molar-refractivity contribution in [1.29, 1.82) is 0 Å². The van der Waals surface area contributed by atoms with Crippen molar-refractivity contribution in [3.8, 4) is 23.0 Å². The summed E-state index contributed by atoms with van der Waals surface area (Å²) in [7, 11) is 0. The highest BCUT2D eigenvalue weighted by Gasteiger charge is 2.47. The molecule has 1 saturated heterocycles. The minimum absolute atomic E-state index is 0.0405. The monoisotopic (exact) mass is 668 g/mol. The van der Waals surface area contributed by atoms with E-state index in [1.807, 2.05) is 0 Å². The van der Waals surface area contributed by atoms with Crippen molar-refractivity contribution in [3.05, 3.63) is 71.3 Å². The van der Waals surface area contributed by atoms with E-state index in [-0.39, 0.29) is 52.4 Å². The second-order valence-corrected chi connectivity index (χ2v) is 12.3. The van der Waals surface area contributed by atoms with Gasteiger partial charge in [-0.25, -0.2) is 10.4 Å². The van der Waals surface area contributed by atoms with Crippen molar-refractivity contribution in [2.24, 2.45) is 0 Å². The van der Waals surface area contributed by atoms with Crippen LogP contribution in [0.1, 0.15) is 32.5 Å². The number of phenolic OH excluding ortho intramolecular Hbond substituents is 2. The number of aliphatic hydroxyl groups excluding tert-OH is 4. The largest absolute Gasteiger partial charge is 0.508 e. The van der Waals surface area contributed by atoms with Gasteiger partial charge >= 0.3 is 0 Å². The molecule has 3 aliphatic heterocycles. The number of rotatable bonds is 5. The second-order valence-electron chi connectivity index (χ2n) is 12.3. The first kappa shape index (κ1) is 29.7. The van der Waals surface area contributed by atoms with Gasteiger partial charge in [0, 0.05) is 40.2 Å². The molecule has 0 saturated carbocycles. The summed E-state index contributed by atoms with van der Waals surface area (Å²) < 4.78 is 18.3. The zero-order valence-electron chi connectivity index (χ0n) is 25.3. The molecule has 9 rings (SSSR count). The van der Waals surface area contributed by atoms with E-state index < -0.39 is 49.1 Å². The molecule has 6 aromatic rings. The number of hydrogen-bond donors (Lipinski definition) is 8. The number of hydrazine groups is 1. The summed E-state index contributed by atoms with van der Waals surface area (Å²) in [6, 6.07) is 14.2. The van der Waals surface area contributed by atoms with Gasteiger partial charge in [-0.3, -0.25) is 9.59 Å². The molecule has 8 N–H and O–H groups in total. The van der Waals surface area contributed by atoms with E-state index in [9.17, 15) is 40.2 Å². The summed E-state index contributed by atoms with van der Waals surface area (Å²) in [5.74, 6) is -0.389. The maximum atomic E-state index is 14.4. The molecule has 0 radical (unpaired) electrons. The highest BCUT2D eigenvalue weighted by molar-refractivity contribution is 6.39. The SMILES string of the molecule is O=C1c2c(c3c4ccc(O)cc4n(C4OC(CO)C(O)C(O)C4O)c3c3[nH]c4cc(O)ccc4c23)C(=O)N1NCc1ccc2c(c1)OCO2. The Kier molecular flexibility index (Phi) is 6.39. The topological polar surface area (TPSA) is 219 Å². The molecule has 3 aliphatic rings. The van der Waals surface area contributed by atoms with Crippen LogP contribution in [0, 0.1) is 0 Å². The standard InChI is InChI=1S/C34H28N4O11/c39-11-22-29(42)30(43)31(44)34(49-22)37-19-9-15(41)3-5-17(19)24-26-25(23-16-4-2-14(40)8-18(16)36-27(23)28(24)37)32(45)38(33(26)46)35-10-13-1-6-20-21(7-13)48-12-47-20/h1-9,22,29-31,34-36,39-44H,10-12H2. The Morgan fingerprint density at radius 2 is 1.53 bits per heavy atom. The van der Waals surface area contributed by atoms with Gasteiger partial charge in [-0.05, 0) is 42.0 Å². The molecule has 15 heteroatoms. The van der Waals surface area contributed by atoms with Gasteiger partial charge in [0.1, 0.15) is 35.9 Å². The lowest BCUT2D eigenvalue weighted by atomic mass is 9.96. The van der Waals surface area contributed by atoms with E-state index in [0.717, 1.165) is 5.01 Å². The number of carbonyl (C=O) groups excluding carboxylic acids is 2. The van der Waals surface area contributed by atoms with Crippen molar-refractivity contribution in [3.63, 3.8) is 0 Å². The minimum atomic E-state index is -1.73. The molecule has 2 aromatic heterocycles. The number of carbonyl (C=O) groups is 2. The third-order valence-corrected chi connectivity index (χ3v) is 9.59. The van der Waals surface area contributed by atoms with Crippen LogP contribution in [0.2, 0.25) is 0 Å². The third-order valence-electron chi connectivity index (χ3n) is 9.59.